The third kappa shape index (κ3) is 10.2. The fourth-order valence-electron chi connectivity index (χ4n) is 3.84. The molecule has 0 aliphatic carbocycles. The molecule has 0 spiro atoms. The molecular weight excluding hydrogens is 662 g/mol. The van der Waals surface area contributed by atoms with E-state index in [1.54, 1.807) is 5.79 Å². The molecule has 0 N–H and O–H groups in total. The van der Waals surface area contributed by atoms with Gasteiger partial charge in [-0.3, -0.25) is 0 Å². The average molecular weight is 708 g/mol. The molecule has 0 fully saturated rings. The van der Waals surface area contributed by atoms with E-state index in [1.807, 2.05) is 22.7 Å². The molecule has 0 saturated carbocycles. The maximum atomic E-state index is 3.48. The van der Waals surface area contributed by atoms with Crippen molar-refractivity contribution in [1.82, 2.24) is 0 Å². The van der Waals surface area contributed by atoms with E-state index in [4.69, 9.17) is 0 Å². The van der Waals surface area contributed by atoms with Crippen LogP contribution in [-0.4, -0.2) is 36.8 Å². The maximum absolute atomic E-state index is 3.48. The van der Waals surface area contributed by atoms with E-state index in [-0.39, 0.29) is 0 Å². The molecule has 2 rings (SSSR count). The van der Waals surface area contributed by atoms with E-state index in [0.29, 0.717) is 0 Å². The quantitative estimate of drug-likeness (QED) is 0.118. The summed E-state index contributed by atoms with van der Waals surface area (Å²) in [6.45, 7) is 4.56. The van der Waals surface area contributed by atoms with Gasteiger partial charge in [0.15, 0.2) is 0 Å². The van der Waals surface area contributed by atoms with E-state index in [1.165, 1.54) is 85.1 Å². The average Bonchev–Trinajstić information content (AvgIpc) is 3.36. The molecule has 0 amide bonds. The van der Waals surface area contributed by atoms with Gasteiger partial charge in [-0.15, -0.1) is 0 Å². The van der Waals surface area contributed by atoms with E-state index in [2.05, 4.69) is 79.3 Å². The van der Waals surface area contributed by atoms with E-state index < -0.39 is 36.8 Å². The third-order valence-electron chi connectivity index (χ3n) is 6.11. The summed E-state index contributed by atoms with van der Waals surface area (Å²) in [5.74, 6) is 13.5. The minimum atomic E-state index is -2.08. The SMILES string of the molecule is CCCCCCc1c[c]([Sn]([CH3])([CH3])[CH3])sc1C#CC#Cc1s[c]([Sn]([CH3])([CH3])[CH3])cc1CCCCCC. The van der Waals surface area contributed by atoms with Crippen molar-refractivity contribution in [2.45, 2.75) is 108 Å². The Labute approximate surface area is 227 Å². The fourth-order valence-corrected chi connectivity index (χ4v) is 16.5. The normalized spacial score (nSPS) is 11.6. The van der Waals surface area contributed by atoms with Crippen LogP contribution in [0.3, 0.4) is 0 Å². The van der Waals surface area contributed by atoms with Crippen molar-refractivity contribution in [2.24, 2.45) is 0 Å². The van der Waals surface area contributed by atoms with Crippen molar-refractivity contribution in [1.29, 1.82) is 0 Å². The van der Waals surface area contributed by atoms with Crippen molar-refractivity contribution >= 4 is 65.2 Å². The summed E-state index contributed by atoms with van der Waals surface area (Å²) in [7, 11) is 0. The Morgan fingerprint density at radius 3 is 1.29 bits per heavy atom. The van der Waals surface area contributed by atoms with Crippen LogP contribution in [0.5, 0.6) is 0 Å². The topological polar surface area (TPSA) is 0 Å². The summed E-state index contributed by atoms with van der Waals surface area (Å²) in [4.78, 5) is 17.6. The summed E-state index contributed by atoms with van der Waals surface area (Å²) < 4.78 is 3.29. The number of hydrogen-bond donors (Lipinski definition) is 0. The van der Waals surface area contributed by atoms with Crippen LogP contribution in [0.4, 0.5) is 0 Å². The molecule has 0 bridgehead atoms. The first kappa shape index (κ1) is 30.3. The first-order chi connectivity index (χ1) is 16.1. The number of thiophene rings is 2. The summed E-state index contributed by atoms with van der Waals surface area (Å²) in [5.41, 5.74) is 2.96. The monoisotopic (exact) mass is 710 g/mol. The van der Waals surface area contributed by atoms with Crippen LogP contribution in [-0.2, 0) is 12.8 Å². The van der Waals surface area contributed by atoms with Crippen LogP contribution < -0.4 is 5.79 Å². The zero-order chi connectivity index (χ0) is 25.2. The zero-order valence-electron chi connectivity index (χ0n) is 23.0. The molecule has 4 heteroatoms. The summed E-state index contributed by atoms with van der Waals surface area (Å²) in [5, 5.41) is 0. The van der Waals surface area contributed by atoms with Crippen molar-refractivity contribution in [3.63, 3.8) is 0 Å². The van der Waals surface area contributed by atoms with Gasteiger partial charge in [-0.25, -0.2) is 0 Å². The van der Waals surface area contributed by atoms with Gasteiger partial charge in [0.25, 0.3) is 0 Å². The van der Waals surface area contributed by atoms with Crippen LogP contribution in [0, 0.1) is 23.7 Å². The molecule has 0 aromatic carbocycles. The van der Waals surface area contributed by atoms with Crippen molar-refractivity contribution in [3.8, 4) is 23.7 Å². The van der Waals surface area contributed by atoms with E-state index in [9.17, 15) is 0 Å². The number of rotatable bonds is 12. The van der Waals surface area contributed by atoms with Gasteiger partial charge in [0, 0.05) is 0 Å². The van der Waals surface area contributed by atoms with Crippen LogP contribution in [0.15, 0.2) is 12.1 Å². The first-order valence-electron chi connectivity index (χ1n) is 13.3. The molecular formula is C30H46S2Sn2. The predicted octanol–water partition coefficient (Wildman–Crippen LogP) is 8.55. The molecule has 0 aliphatic rings. The van der Waals surface area contributed by atoms with Crippen LogP contribution in [0.25, 0.3) is 0 Å². The van der Waals surface area contributed by atoms with Crippen LogP contribution in [0.2, 0.25) is 29.6 Å². The standard InChI is InChI=1S/C24H28S2.6CH3.2Sn/c1-3-5-7-9-13-21-17-19-25-23(21)15-11-12-16-24-22(18-20-26-24)14-10-8-6-4-2;;;;;;;;/h17-18H,3-10,13-14H2,1-2H3;6*1H3;;. The molecule has 0 unspecified atom stereocenters. The van der Waals surface area contributed by atoms with Gasteiger partial charge in [-0.2, -0.15) is 0 Å². The number of aryl methyl sites for hydroxylation is 2. The Kier molecular flexibility index (Phi) is 13.2. The second-order valence-corrected chi connectivity index (χ2v) is 44.5. The number of hydrogen-bond acceptors (Lipinski definition) is 2. The molecule has 0 radical (unpaired) electrons. The Morgan fingerprint density at radius 1 is 0.588 bits per heavy atom. The van der Waals surface area contributed by atoms with Crippen molar-refractivity contribution < 1.29 is 0 Å². The van der Waals surface area contributed by atoms with Gasteiger partial charge in [-0.05, 0) is 0 Å². The van der Waals surface area contributed by atoms with E-state index >= 15 is 0 Å². The minimum absolute atomic E-state index is 1.17. The molecule has 0 nitrogen and oxygen atoms in total. The summed E-state index contributed by atoms with van der Waals surface area (Å²) >= 11 is -0.232. The zero-order valence-corrected chi connectivity index (χ0v) is 30.4. The van der Waals surface area contributed by atoms with Gasteiger partial charge in [0.1, 0.15) is 0 Å². The van der Waals surface area contributed by atoms with Gasteiger partial charge < -0.3 is 0 Å². The fraction of sp³-hybridized carbons (Fsp3) is 0.600. The Bertz CT molecular complexity index is 936. The Morgan fingerprint density at radius 2 is 0.971 bits per heavy atom. The van der Waals surface area contributed by atoms with Crippen LogP contribution >= 0.6 is 22.7 Å². The Hall–Kier alpha value is 0.117. The molecule has 186 valence electrons. The van der Waals surface area contributed by atoms with Gasteiger partial charge >= 0.3 is 230 Å². The number of unbranched alkanes of at least 4 members (excludes halogenated alkanes) is 6. The molecule has 0 atom stereocenters. The van der Waals surface area contributed by atoms with Gasteiger partial charge in [0.05, 0.1) is 0 Å². The molecule has 2 heterocycles. The van der Waals surface area contributed by atoms with Crippen molar-refractivity contribution in [2.75, 3.05) is 0 Å². The summed E-state index contributed by atoms with van der Waals surface area (Å²) in [6.07, 6.45) is 12.8. The van der Waals surface area contributed by atoms with Gasteiger partial charge in [0.2, 0.25) is 0 Å². The van der Waals surface area contributed by atoms with Gasteiger partial charge in [-0.1, -0.05) is 0 Å². The molecule has 0 saturated heterocycles. The molecule has 2 aromatic rings. The second kappa shape index (κ2) is 14.8. The molecule has 2 aromatic heterocycles. The Balaban J connectivity index is 2.25. The summed E-state index contributed by atoms with van der Waals surface area (Å²) in [6, 6.07) is 5.00. The molecule has 34 heavy (non-hydrogen) atoms. The predicted molar refractivity (Wildman–Crippen MR) is 164 cm³/mol. The van der Waals surface area contributed by atoms with E-state index in [0.717, 1.165) is 0 Å². The van der Waals surface area contributed by atoms with Crippen molar-refractivity contribution in [3.05, 3.63) is 33.0 Å². The molecule has 0 aliphatic heterocycles. The second-order valence-electron chi connectivity index (χ2n) is 11.6. The van der Waals surface area contributed by atoms with Crippen LogP contribution in [0.1, 0.15) is 86.1 Å². The third-order valence-corrected chi connectivity index (χ3v) is 27.1. The first-order valence-corrected chi connectivity index (χ1v) is 35.0.